The summed E-state index contributed by atoms with van der Waals surface area (Å²) in [5.74, 6) is 0.703. The maximum Gasteiger partial charge on any atom is 0.126 e. The van der Waals surface area contributed by atoms with Gasteiger partial charge in [-0.1, -0.05) is 79.4 Å². The van der Waals surface area contributed by atoms with Crippen molar-refractivity contribution in [2.24, 2.45) is 9.98 Å². The lowest BCUT2D eigenvalue weighted by Crippen LogP contribution is -1.98. The van der Waals surface area contributed by atoms with E-state index in [4.69, 9.17) is 0 Å². The molecule has 0 saturated heterocycles. The molecule has 0 amide bonds. The van der Waals surface area contributed by atoms with Gasteiger partial charge in [0.05, 0.1) is 5.70 Å². The van der Waals surface area contributed by atoms with Crippen molar-refractivity contribution in [2.45, 2.75) is 13.8 Å². The number of amidine groups is 1. The quantitative estimate of drug-likeness (QED) is 0.435. The fourth-order valence-electron chi connectivity index (χ4n) is 2.74. The average molecular weight is 312 g/mol. The van der Waals surface area contributed by atoms with Crippen molar-refractivity contribution in [2.75, 3.05) is 0 Å². The normalized spacial score (nSPS) is 12.4. The second-order valence-electron chi connectivity index (χ2n) is 5.70. The van der Waals surface area contributed by atoms with Gasteiger partial charge in [-0.15, -0.1) is 0 Å². The number of hydrogen-bond donors (Lipinski definition) is 0. The van der Waals surface area contributed by atoms with E-state index < -0.39 is 0 Å². The summed E-state index contributed by atoms with van der Waals surface area (Å²) in [6, 6.07) is 24.6. The molecule has 0 atom stereocenters. The van der Waals surface area contributed by atoms with Crippen molar-refractivity contribution >= 4 is 28.0 Å². The van der Waals surface area contributed by atoms with Crippen LogP contribution < -0.4 is 0 Å². The Bertz CT molecular complexity index is 929. The fourth-order valence-corrected chi connectivity index (χ4v) is 2.74. The summed E-state index contributed by atoms with van der Waals surface area (Å²) in [4.78, 5) is 9.20. The first-order valence-electron chi connectivity index (χ1n) is 7.98. The van der Waals surface area contributed by atoms with Crippen LogP contribution in [-0.2, 0) is 0 Å². The van der Waals surface area contributed by atoms with E-state index in [1.807, 2.05) is 62.4 Å². The number of rotatable bonds is 3. The fraction of sp³-hybridized carbons (Fsp3) is 0.0909. The summed E-state index contributed by atoms with van der Waals surface area (Å²) in [6.07, 6.45) is 0. The molecule has 2 heteroatoms. The summed E-state index contributed by atoms with van der Waals surface area (Å²) < 4.78 is 0. The van der Waals surface area contributed by atoms with Crippen LogP contribution in [0.4, 0.5) is 0 Å². The molecule has 0 saturated carbocycles. The third-order valence-electron chi connectivity index (χ3n) is 3.92. The first-order chi connectivity index (χ1) is 11.6. The Hall–Kier alpha value is -3.00. The third kappa shape index (κ3) is 3.49. The number of aliphatic imine (C=N–C) groups is 2. The summed E-state index contributed by atoms with van der Waals surface area (Å²) in [6.45, 7) is 8.04. The van der Waals surface area contributed by atoms with E-state index in [1.165, 1.54) is 5.39 Å². The van der Waals surface area contributed by atoms with E-state index in [9.17, 15) is 0 Å². The molecule has 0 aliphatic carbocycles. The van der Waals surface area contributed by atoms with Gasteiger partial charge in [0, 0.05) is 11.3 Å². The molecular weight excluding hydrogens is 292 g/mol. The highest BCUT2D eigenvalue weighted by atomic mass is 14.9. The maximum absolute atomic E-state index is 4.60. The van der Waals surface area contributed by atoms with Gasteiger partial charge in [0.15, 0.2) is 0 Å². The van der Waals surface area contributed by atoms with Crippen molar-refractivity contribution < 1.29 is 0 Å². The van der Waals surface area contributed by atoms with Gasteiger partial charge in [0.25, 0.3) is 0 Å². The van der Waals surface area contributed by atoms with Gasteiger partial charge in [-0.05, 0) is 30.2 Å². The average Bonchev–Trinajstić information content (AvgIpc) is 2.61. The molecule has 118 valence electrons. The van der Waals surface area contributed by atoms with Gasteiger partial charge >= 0.3 is 0 Å². The van der Waals surface area contributed by atoms with Crippen molar-refractivity contribution in [1.29, 1.82) is 0 Å². The van der Waals surface area contributed by atoms with E-state index in [-0.39, 0.29) is 0 Å². The van der Waals surface area contributed by atoms with Gasteiger partial charge in [-0.3, -0.25) is 0 Å². The van der Waals surface area contributed by atoms with Crippen LogP contribution in [0.2, 0.25) is 0 Å². The van der Waals surface area contributed by atoms with Gasteiger partial charge in [-0.2, -0.15) is 0 Å². The lowest BCUT2D eigenvalue weighted by molar-refractivity contribution is 1.45. The lowest BCUT2D eigenvalue weighted by Gasteiger charge is -2.07. The predicted molar refractivity (Wildman–Crippen MR) is 105 cm³/mol. The van der Waals surface area contributed by atoms with Crippen LogP contribution in [0.15, 0.2) is 89.4 Å². The zero-order valence-electron chi connectivity index (χ0n) is 14.0. The molecule has 0 radical (unpaired) electrons. The van der Waals surface area contributed by atoms with Gasteiger partial charge in [0.1, 0.15) is 5.84 Å². The zero-order valence-corrected chi connectivity index (χ0v) is 14.0. The number of nitrogens with zero attached hydrogens (tertiary/aromatic N) is 2. The number of fused-ring (bicyclic) bond motifs is 1. The van der Waals surface area contributed by atoms with Crippen LogP contribution in [0.3, 0.4) is 0 Å². The summed E-state index contributed by atoms with van der Waals surface area (Å²) >= 11 is 0. The highest BCUT2D eigenvalue weighted by Gasteiger charge is 2.04. The van der Waals surface area contributed by atoms with Crippen molar-refractivity contribution in [3.8, 4) is 0 Å². The second kappa shape index (κ2) is 7.05. The minimum Gasteiger partial charge on any atom is -0.238 e. The Morgan fingerprint density at radius 2 is 1.42 bits per heavy atom. The molecule has 0 unspecified atom stereocenters. The van der Waals surface area contributed by atoms with Crippen LogP contribution in [0.25, 0.3) is 16.5 Å². The Balaban J connectivity index is 1.91. The largest absolute Gasteiger partial charge is 0.238 e. The molecule has 0 aliphatic rings. The summed E-state index contributed by atoms with van der Waals surface area (Å²) in [7, 11) is 0. The third-order valence-corrected chi connectivity index (χ3v) is 3.92. The molecule has 2 nitrogen and oxygen atoms in total. The highest BCUT2D eigenvalue weighted by Crippen LogP contribution is 2.25. The maximum atomic E-state index is 4.60. The molecule has 0 N–H and O–H groups in total. The molecule has 0 fully saturated rings. The van der Waals surface area contributed by atoms with Crippen LogP contribution >= 0.6 is 0 Å². The van der Waals surface area contributed by atoms with Crippen molar-refractivity contribution in [3.05, 3.63) is 90.5 Å². The van der Waals surface area contributed by atoms with E-state index in [0.717, 1.165) is 27.9 Å². The monoisotopic (exact) mass is 312 g/mol. The van der Waals surface area contributed by atoms with E-state index in [0.29, 0.717) is 5.84 Å². The molecular formula is C22H20N2. The minimum absolute atomic E-state index is 0.703. The Morgan fingerprint density at radius 3 is 2.21 bits per heavy atom. The van der Waals surface area contributed by atoms with Crippen molar-refractivity contribution in [1.82, 2.24) is 0 Å². The Labute approximate surface area is 142 Å². The zero-order chi connectivity index (χ0) is 16.9. The van der Waals surface area contributed by atoms with E-state index >= 15 is 0 Å². The van der Waals surface area contributed by atoms with E-state index in [1.54, 1.807) is 0 Å². The molecule has 0 heterocycles. The Kier molecular flexibility index (Phi) is 4.66. The lowest BCUT2D eigenvalue weighted by atomic mass is 10.0. The molecule has 0 aromatic heterocycles. The molecule has 0 spiro atoms. The topological polar surface area (TPSA) is 24.7 Å². The number of hydrogen-bond acceptors (Lipinski definition) is 1. The smallest absolute Gasteiger partial charge is 0.126 e. The van der Waals surface area contributed by atoms with Gasteiger partial charge in [-0.25, -0.2) is 9.98 Å². The van der Waals surface area contributed by atoms with Crippen LogP contribution in [0.1, 0.15) is 25.0 Å². The standard InChI is InChI=1S/C22H20N2/c1-16(19-10-5-4-6-11-19)23-18(3)24-17(2)21-15-9-13-20-12-7-8-14-22(20)21/h4-15H,2H2,1,3H3/b23-16+,24-18-. The van der Waals surface area contributed by atoms with Gasteiger partial charge in [0.2, 0.25) is 0 Å². The van der Waals surface area contributed by atoms with Crippen LogP contribution in [-0.4, -0.2) is 11.5 Å². The van der Waals surface area contributed by atoms with Gasteiger partial charge < -0.3 is 0 Å². The first kappa shape index (κ1) is 15.9. The summed E-state index contributed by atoms with van der Waals surface area (Å²) in [5.41, 5.74) is 3.82. The molecule has 3 rings (SSSR count). The SMILES string of the molecule is C=C(/N=C(C)\N=C(/C)c1ccccc1)c1cccc2ccccc12. The highest BCUT2D eigenvalue weighted by molar-refractivity contribution is 6.07. The minimum atomic E-state index is 0.703. The first-order valence-corrected chi connectivity index (χ1v) is 7.98. The number of benzene rings is 3. The molecule has 3 aromatic carbocycles. The van der Waals surface area contributed by atoms with Crippen LogP contribution in [0, 0.1) is 0 Å². The predicted octanol–water partition coefficient (Wildman–Crippen LogP) is 5.74. The summed E-state index contributed by atoms with van der Waals surface area (Å²) in [5, 5.41) is 2.35. The van der Waals surface area contributed by atoms with Crippen LogP contribution in [0.5, 0.6) is 0 Å². The van der Waals surface area contributed by atoms with E-state index in [2.05, 4.69) is 40.8 Å². The van der Waals surface area contributed by atoms with Crippen molar-refractivity contribution in [3.63, 3.8) is 0 Å². The molecule has 3 aromatic rings. The Morgan fingerprint density at radius 1 is 0.750 bits per heavy atom. The molecule has 0 aliphatic heterocycles. The second-order valence-corrected chi connectivity index (χ2v) is 5.70. The molecule has 24 heavy (non-hydrogen) atoms. The molecule has 0 bridgehead atoms.